The molecule has 0 aliphatic carbocycles. The van der Waals surface area contributed by atoms with Gasteiger partial charge < -0.3 is 5.11 Å². The largest absolute Gasteiger partial charge is 0.388 e. The molecule has 0 radical (unpaired) electrons. The monoisotopic (exact) mass is 305 g/mol. The van der Waals surface area contributed by atoms with Gasteiger partial charge in [-0.05, 0) is 52.4 Å². The summed E-state index contributed by atoms with van der Waals surface area (Å²) in [5.41, 5.74) is 2.23. The van der Waals surface area contributed by atoms with Crippen molar-refractivity contribution in [1.29, 1.82) is 0 Å². The summed E-state index contributed by atoms with van der Waals surface area (Å²) in [6, 6.07) is 12.2. The average Bonchev–Trinajstić information content (AvgIpc) is 2.40. The van der Waals surface area contributed by atoms with Gasteiger partial charge in [-0.15, -0.1) is 0 Å². The molecule has 0 fully saturated rings. The van der Waals surface area contributed by atoms with Gasteiger partial charge in [-0.2, -0.15) is 0 Å². The van der Waals surface area contributed by atoms with Gasteiger partial charge in [-0.25, -0.2) is 0 Å². The molecule has 1 aromatic carbocycles. The maximum absolute atomic E-state index is 10.1. The number of benzene rings is 1. The molecule has 0 bridgehead atoms. The third-order valence-corrected chi connectivity index (χ3v) is 3.61. The zero-order valence-corrected chi connectivity index (χ0v) is 11.7. The summed E-state index contributed by atoms with van der Waals surface area (Å²) < 4.78 is 0.872. The van der Waals surface area contributed by atoms with E-state index in [2.05, 4.69) is 33.0 Å². The number of hydrogen-bond donors (Lipinski definition) is 1. The Bertz CT molecular complexity index is 487. The first-order valence-electron chi connectivity index (χ1n) is 6.09. The summed E-state index contributed by atoms with van der Waals surface area (Å²) in [7, 11) is 0. The first-order chi connectivity index (χ1) is 8.77. The van der Waals surface area contributed by atoms with E-state index in [0.29, 0.717) is 0 Å². The molecule has 0 saturated heterocycles. The second-order valence-corrected chi connectivity index (χ2v) is 5.15. The minimum Gasteiger partial charge on any atom is -0.388 e. The Morgan fingerprint density at radius 3 is 2.67 bits per heavy atom. The van der Waals surface area contributed by atoms with Crippen LogP contribution in [-0.4, -0.2) is 10.1 Å². The van der Waals surface area contributed by atoms with Crippen molar-refractivity contribution in [3.63, 3.8) is 0 Å². The standard InChI is InChI=1S/C15H16BrNO/c16-14-11-17-10-9-13(14)15(18)8-4-7-12-5-2-1-3-6-12/h1-3,5-6,9-11,15,18H,4,7-8H2. The van der Waals surface area contributed by atoms with Crippen molar-refractivity contribution in [2.45, 2.75) is 25.4 Å². The lowest BCUT2D eigenvalue weighted by molar-refractivity contribution is 0.164. The molecule has 1 aromatic heterocycles. The van der Waals surface area contributed by atoms with E-state index < -0.39 is 6.10 Å². The van der Waals surface area contributed by atoms with Gasteiger partial charge in [-0.3, -0.25) is 4.98 Å². The fourth-order valence-corrected chi connectivity index (χ4v) is 2.47. The number of hydrogen-bond acceptors (Lipinski definition) is 2. The molecule has 0 aliphatic heterocycles. The SMILES string of the molecule is OC(CCCc1ccccc1)c1ccncc1Br. The molecular weight excluding hydrogens is 290 g/mol. The summed E-state index contributed by atoms with van der Waals surface area (Å²) in [5, 5.41) is 10.1. The predicted octanol–water partition coefficient (Wildman–Crippen LogP) is 3.90. The second kappa shape index (κ2) is 6.66. The highest BCUT2D eigenvalue weighted by Gasteiger charge is 2.10. The molecule has 0 saturated carbocycles. The van der Waals surface area contributed by atoms with Crippen molar-refractivity contribution in [2.24, 2.45) is 0 Å². The second-order valence-electron chi connectivity index (χ2n) is 4.29. The first-order valence-corrected chi connectivity index (χ1v) is 6.88. The summed E-state index contributed by atoms with van der Waals surface area (Å²) >= 11 is 3.41. The smallest absolute Gasteiger partial charge is 0.0802 e. The quantitative estimate of drug-likeness (QED) is 0.909. The Labute approximate surface area is 116 Å². The topological polar surface area (TPSA) is 33.1 Å². The van der Waals surface area contributed by atoms with Crippen LogP contribution in [0.2, 0.25) is 0 Å². The maximum atomic E-state index is 10.1. The molecule has 18 heavy (non-hydrogen) atoms. The average molecular weight is 306 g/mol. The van der Waals surface area contributed by atoms with Gasteiger partial charge in [0.2, 0.25) is 0 Å². The molecule has 0 aliphatic rings. The third-order valence-electron chi connectivity index (χ3n) is 2.95. The highest BCUT2D eigenvalue weighted by Crippen LogP contribution is 2.25. The van der Waals surface area contributed by atoms with Crippen LogP contribution in [0.1, 0.15) is 30.1 Å². The van der Waals surface area contributed by atoms with Gasteiger partial charge in [0.1, 0.15) is 0 Å². The van der Waals surface area contributed by atoms with Crippen molar-refractivity contribution in [3.8, 4) is 0 Å². The van der Waals surface area contributed by atoms with Crippen LogP contribution in [-0.2, 0) is 6.42 Å². The zero-order chi connectivity index (χ0) is 12.8. The van der Waals surface area contributed by atoms with Gasteiger partial charge in [0.25, 0.3) is 0 Å². The fourth-order valence-electron chi connectivity index (χ4n) is 1.96. The van der Waals surface area contributed by atoms with E-state index >= 15 is 0 Å². The first kappa shape index (κ1) is 13.2. The lowest BCUT2D eigenvalue weighted by Gasteiger charge is -2.12. The Morgan fingerprint density at radius 1 is 1.17 bits per heavy atom. The Kier molecular flexibility index (Phi) is 4.90. The number of rotatable bonds is 5. The number of aliphatic hydroxyl groups is 1. The van der Waals surface area contributed by atoms with Crippen molar-refractivity contribution in [2.75, 3.05) is 0 Å². The molecule has 0 spiro atoms. The molecule has 1 atom stereocenters. The van der Waals surface area contributed by atoms with E-state index in [1.807, 2.05) is 24.3 Å². The number of aromatic nitrogens is 1. The van der Waals surface area contributed by atoms with E-state index in [4.69, 9.17) is 0 Å². The van der Waals surface area contributed by atoms with E-state index in [1.54, 1.807) is 12.4 Å². The number of halogens is 1. The van der Waals surface area contributed by atoms with Crippen molar-refractivity contribution >= 4 is 15.9 Å². The molecule has 1 unspecified atom stereocenters. The van der Waals surface area contributed by atoms with Crippen LogP contribution < -0.4 is 0 Å². The van der Waals surface area contributed by atoms with Crippen LogP contribution in [0.3, 0.4) is 0 Å². The molecule has 2 aromatic rings. The molecule has 94 valence electrons. The van der Waals surface area contributed by atoms with Gasteiger partial charge in [-0.1, -0.05) is 30.3 Å². The Balaban J connectivity index is 1.86. The summed E-state index contributed by atoms with van der Waals surface area (Å²) in [4.78, 5) is 4.00. The van der Waals surface area contributed by atoms with Crippen LogP contribution in [0.15, 0.2) is 53.3 Å². The van der Waals surface area contributed by atoms with Crippen molar-refractivity contribution in [3.05, 3.63) is 64.4 Å². The zero-order valence-electron chi connectivity index (χ0n) is 10.1. The van der Waals surface area contributed by atoms with E-state index in [-0.39, 0.29) is 0 Å². The Morgan fingerprint density at radius 2 is 1.94 bits per heavy atom. The normalized spacial score (nSPS) is 12.3. The Hall–Kier alpha value is -1.19. The maximum Gasteiger partial charge on any atom is 0.0802 e. The fraction of sp³-hybridized carbons (Fsp3) is 0.267. The molecule has 1 heterocycles. The molecular formula is C15H16BrNO. The molecule has 2 rings (SSSR count). The lowest BCUT2D eigenvalue weighted by Crippen LogP contribution is -2.00. The summed E-state index contributed by atoms with van der Waals surface area (Å²) in [5.74, 6) is 0. The van der Waals surface area contributed by atoms with E-state index in [9.17, 15) is 5.11 Å². The van der Waals surface area contributed by atoms with Gasteiger partial charge in [0.05, 0.1) is 6.10 Å². The lowest BCUT2D eigenvalue weighted by atomic mass is 10.0. The minimum atomic E-state index is -0.425. The van der Waals surface area contributed by atoms with Gasteiger partial charge in [0, 0.05) is 16.9 Å². The van der Waals surface area contributed by atoms with Crippen molar-refractivity contribution in [1.82, 2.24) is 4.98 Å². The summed E-state index contributed by atoms with van der Waals surface area (Å²) in [6.45, 7) is 0. The summed E-state index contributed by atoms with van der Waals surface area (Å²) in [6.07, 6.45) is 5.74. The number of pyridine rings is 1. The van der Waals surface area contributed by atoms with Crippen LogP contribution in [0.4, 0.5) is 0 Å². The predicted molar refractivity (Wildman–Crippen MR) is 76.3 cm³/mol. The van der Waals surface area contributed by atoms with Crippen LogP contribution >= 0.6 is 15.9 Å². The third kappa shape index (κ3) is 3.65. The van der Waals surface area contributed by atoms with Crippen LogP contribution in [0.25, 0.3) is 0 Å². The van der Waals surface area contributed by atoms with Gasteiger partial charge in [0.15, 0.2) is 0 Å². The van der Waals surface area contributed by atoms with E-state index in [0.717, 1.165) is 29.3 Å². The molecule has 1 N–H and O–H groups in total. The van der Waals surface area contributed by atoms with Crippen molar-refractivity contribution < 1.29 is 5.11 Å². The van der Waals surface area contributed by atoms with E-state index in [1.165, 1.54) is 5.56 Å². The molecule has 0 amide bonds. The van der Waals surface area contributed by atoms with Crippen LogP contribution in [0.5, 0.6) is 0 Å². The number of aryl methyl sites for hydroxylation is 1. The van der Waals surface area contributed by atoms with Gasteiger partial charge >= 0.3 is 0 Å². The minimum absolute atomic E-state index is 0.425. The molecule has 3 heteroatoms. The highest BCUT2D eigenvalue weighted by molar-refractivity contribution is 9.10. The highest BCUT2D eigenvalue weighted by atomic mass is 79.9. The number of aliphatic hydroxyl groups excluding tert-OH is 1. The van der Waals surface area contributed by atoms with Crippen LogP contribution in [0, 0.1) is 0 Å². The molecule has 2 nitrogen and oxygen atoms in total. The number of nitrogens with zero attached hydrogens (tertiary/aromatic N) is 1.